The second kappa shape index (κ2) is 34.7. The molecule has 19 nitrogen and oxygen atoms in total. The maximum absolute atomic E-state index is 15.9. The molecule has 11 aromatic carbocycles. The number of Topliss-reactive ketones (excluding diaryl/α,β-unsaturated/α-hetero) is 3. The number of ketones is 3. The minimum absolute atomic E-state index is 0.0295. The highest BCUT2D eigenvalue weighted by molar-refractivity contribution is 6.31. The lowest BCUT2D eigenvalue weighted by Crippen LogP contribution is -2.32. The highest BCUT2D eigenvalue weighted by Crippen LogP contribution is 2.55. The van der Waals surface area contributed by atoms with Crippen molar-refractivity contribution >= 4 is 85.3 Å². The number of fused-ring (bicyclic) bond motifs is 6. The van der Waals surface area contributed by atoms with E-state index < -0.39 is 58.1 Å². The number of halogens is 10. The predicted molar refractivity (Wildman–Crippen MR) is 482 cm³/mol. The van der Waals surface area contributed by atoms with E-state index in [9.17, 15) is 28.4 Å². The normalized spacial score (nSPS) is 18.6. The van der Waals surface area contributed by atoms with Crippen LogP contribution in [0.3, 0.4) is 0 Å². The first kappa shape index (κ1) is 87.9. The lowest BCUT2D eigenvalue weighted by atomic mass is 10.00. The molecule has 21 rings (SSSR count). The number of rotatable bonds is 22. The van der Waals surface area contributed by atoms with Crippen LogP contribution in [-0.2, 0) is 65.7 Å². The fourth-order valence-corrected chi connectivity index (χ4v) is 17.9. The summed E-state index contributed by atoms with van der Waals surface area (Å²) in [6, 6.07) is 55.5. The van der Waals surface area contributed by atoms with Crippen LogP contribution in [0.2, 0.25) is 15.1 Å². The molecule has 3 unspecified atom stereocenters. The van der Waals surface area contributed by atoms with Crippen molar-refractivity contribution < 1.29 is 83.0 Å². The fourth-order valence-electron chi connectivity index (χ4n) is 17.4. The van der Waals surface area contributed by atoms with E-state index in [1.54, 1.807) is 136 Å². The molecule has 668 valence electrons. The van der Waals surface area contributed by atoms with Crippen molar-refractivity contribution in [2.45, 2.75) is 142 Å². The molecule has 15 aromatic rings. The van der Waals surface area contributed by atoms with Crippen LogP contribution in [0.25, 0.3) is 66.5 Å². The molecule has 0 amide bonds. The Labute approximate surface area is 767 Å². The molecule has 6 aliphatic rings. The van der Waals surface area contributed by atoms with Gasteiger partial charge in [-0.1, -0.05) is 83.3 Å². The van der Waals surface area contributed by atoms with E-state index >= 15 is 22.0 Å². The van der Waals surface area contributed by atoms with Gasteiger partial charge in [-0.2, -0.15) is 5.26 Å². The Balaban J connectivity index is 0.000000128. The van der Waals surface area contributed by atoms with Gasteiger partial charge in [0, 0.05) is 132 Å². The van der Waals surface area contributed by atoms with Gasteiger partial charge < -0.3 is 51.6 Å². The van der Waals surface area contributed by atoms with Crippen LogP contribution in [0.5, 0.6) is 34.5 Å². The number of nitriles is 1. The summed E-state index contributed by atoms with van der Waals surface area (Å²) < 4.78 is 162. The Morgan fingerprint density at radius 1 is 0.432 bits per heavy atom. The smallest absolute Gasteiger partial charge is 0.292 e. The monoisotopic (exact) mass is 1840 g/mol. The minimum Gasteiger partial charge on any atom is -0.444 e. The highest BCUT2D eigenvalue weighted by atomic mass is 35.5. The van der Waals surface area contributed by atoms with Crippen LogP contribution >= 0.6 is 34.8 Å². The predicted octanol–water partition coefficient (Wildman–Crippen LogP) is 24.0. The largest absolute Gasteiger partial charge is 0.444 e. The van der Waals surface area contributed by atoms with Gasteiger partial charge in [0.15, 0.2) is 51.8 Å². The first-order valence-electron chi connectivity index (χ1n) is 42.8. The molecule has 0 bridgehead atoms. The first-order valence-corrected chi connectivity index (χ1v) is 43.9. The number of hydrogen-bond donors (Lipinski definition) is 0. The van der Waals surface area contributed by atoms with Crippen LogP contribution in [-0.4, -0.2) is 76.4 Å². The van der Waals surface area contributed by atoms with E-state index in [0.29, 0.717) is 163 Å². The molecule has 1 saturated carbocycles. The van der Waals surface area contributed by atoms with E-state index in [1.807, 2.05) is 38.0 Å². The lowest BCUT2D eigenvalue weighted by molar-refractivity contribution is -0.0717. The second-order valence-electron chi connectivity index (χ2n) is 34.2. The molecule has 2 saturated heterocycles. The van der Waals surface area contributed by atoms with E-state index in [2.05, 4.69) is 16.0 Å². The van der Waals surface area contributed by atoms with Crippen LogP contribution < -0.4 is 28.4 Å². The fraction of sp³-hybridized carbons (Fsp3) is 0.243. The van der Waals surface area contributed by atoms with Crippen molar-refractivity contribution in [3.8, 4) is 73.9 Å². The molecule has 4 aromatic heterocycles. The van der Waals surface area contributed by atoms with Gasteiger partial charge >= 0.3 is 0 Å². The van der Waals surface area contributed by atoms with Gasteiger partial charge in [-0.25, -0.2) is 45.7 Å². The highest BCUT2D eigenvalue weighted by Gasteiger charge is 2.47. The molecule has 29 heteroatoms. The SMILES string of the molecule is CC(=O)c1ccc2nc(Cc3c(F)cc(-c4cccc5c4OC(C)(c4ccc(Cl)cc4F)O5)cc3F)n(C[C@@H]3CCO3)c2c1.CC(=O)c1ccc2nc(Cc3c(F)cc(-c4cccc5c4OC(C)(c4ccc(Cl)cn4)O5)cc3F)n(CC3(CC#N)CC3)c2c1.CC(=O)c1ccc2nc(Cc3ccc(-c4cccc5c4OC(C)(c4ccc(Cl)cc4F)O5)cc3F)n(C[C@@H]3CCO3)c2c1. The van der Waals surface area contributed by atoms with E-state index in [1.165, 1.54) is 81.6 Å². The number of carbonyl (C=O) groups is 3. The average Bonchev–Trinajstić information content (AvgIpc) is 1.62. The van der Waals surface area contributed by atoms with Crippen LogP contribution in [0.1, 0.15) is 156 Å². The number of pyridine rings is 1. The average molecular weight is 1850 g/mol. The second-order valence-corrected chi connectivity index (χ2v) is 35.5. The first-order chi connectivity index (χ1) is 63.3. The van der Waals surface area contributed by atoms with Crippen LogP contribution in [0.4, 0.5) is 30.7 Å². The molecule has 0 spiro atoms. The zero-order valence-electron chi connectivity index (χ0n) is 71.8. The van der Waals surface area contributed by atoms with Gasteiger partial charge in [0.25, 0.3) is 17.4 Å². The summed E-state index contributed by atoms with van der Waals surface area (Å²) in [5.41, 5.74) is 9.23. The van der Waals surface area contributed by atoms with Crippen molar-refractivity contribution in [2.75, 3.05) is 13.2 Å². The molecule has 1 aliphatic carbocycles. The number of benzene rings is 11. The lowest BCUT2D eigenvalue weighted by Gasteiger charge is -2.27. The number of nitrogens with zero attached hydrogens (tertiary/aromatic N) is 8. The third-order valence-electron chi connectivity index (χ3n) is 25.0. The number of imidazole rings is 3. The molecule has 0 radical (unpaired) electrons. The molecule has 5 atom stereocenters. The number of carbonyl (C=O) groups excluding carboxylic acids is 3. The number of ether oxygens (including phenoxy) is 8. The van der Waals surface area contributed by atoms with Crippen molar-refractivity contribution in [3.63, 3.8) is 0 Å². The summed E-state index contributed by atoms with van der Waals surface area (Å²) in [6.45, 7) is 12.3. The molecule has 3 fully saturated rings. The van der Waals surface area contributed by atoms with Crippen LogP contribution in [0.15, 0.2) is 206 Å². The van der Waals surface area contributed by atoms with E-state index in [0.717, 1.165) is 42.8 Å². The molecule has 0 N–H and O–H groups in total. The number of hydrogen-bond acceptors (Lipinski definition) is 16. The van der Waals surface area contributed by atoms with Gasteiger partial charge in [-0.15, -0.1) is 0 Å². The van der Waals surface area contributed by atoms with Crippen molar-refractivity contribution in [1.29, 1.82) is 5.26 Å². The van der Waals surface area contributed by atoms with Gasteiger partial charge in [0.1, 0.15) is 63.9 Å². The Morgan fingerprint density at radius 2 is 0.826 bits per heavy atom. The zero-order valence-corrected chi connectivity index (χ0v) is 74.1. The summed E-state index contributed by atoms with van der Waals surface area (Å²) >= 11 is 17.9. The molecular weight excluding hydrogens is 1760 g/mol. The summed E-state index contributed by atoms with van der Waals surface area (Å²) in [5.74, 6) is -5.20. The van der Waals surface area contributed by atoms with E-state index in [4.69, 9.17) is 82.7 Å². The van der Waals surface area contributed by atoms with Crippen molar-refractivity contribution in [3.05, 3.63) is 330 Å². The summed E-state index contributed by atoms with van der Waals surface area (Å²) in [4.78, 5) is 54.7. The maximum Gasteiger partial charge on any atom is 0.292 e. The Morgan fingerprint density at radius 3 is 1.21 bits per heavy atom. The van der Waals surface area contributed by atoms with Gasteiger partial charge in [-0.05, 0) is 220 Å². The standard InChI is InChI=1S/C35H27ClF2N4O3.C34H26ClF3N2O4.C34H27ClF2N2O4/c1-20(43)21-6-8-28-29(16-21)42(19-35(10-11-35)12-13-39)32(41-28)17-25-26(37)14-22(15-27(25)38)24-4-3-5-30-33(24)45-34(2,44-30)31-9-7-23(36)18-40-31;1-18(41)19-6-9-29-30(14-19)40(17-22-10-11-42-22)32(39-29)16-24-26(36)12-20(13-27(24)37)23-4-3-5-31-33(23)44-34(2,43-31)25-8-7-21(35)15-28(25)38;1-19(40)20-8-11-29-30(15-20)39(18-24-12-13-41-24)32(38-29)16-22-7-6-21(14-27(22)36)25-4-3-5-31-33(25)43-34(2,42-31)26-10-9-23(35)17-28(26)37/h3-9,14-16,18H,10-12,17,19H2,1-2H3;3-9,12-15,22H,10-11,16-17H2,1-2H3;3-11,14-15,17,24H,12-13,16,18H2,1-2H3/t;22-,34?;24-,34?/m.00/s1. The van der Waals surface area contributed by atoms with Gasteiger partial charge in [-0.3, -0.25) is 19.4 Å². The zero-order chi connectivity index (χ0) is 92.1. The van der Waals surface area contributed by atoms with Gasteiger partial charge in [0.2, 0.25) is 0 Å². The Kier molecular flexibility index (Phi) is 23.1. The minimum atomic E-state index is -1.52. The maximum atomic E-state index is 15.9. The summed E-state index contributed by atoms with van der Waals surface area (Å²) in [5, 5.41) is 10.4. The number of aromatic nitrogens is 7. The third-order valence-corrected chi connectivity index (χ3v) is 25.7. The molecule has 132 heavy (non-hydrogen) atoms. The van der Waals surface area contributed by atoms with Crippen LogP contribution in [0, 0.1) is 57.5 Å². The molecule has 5 aliphatic heterocycles. The quantitative estimate of drug-likeness (QED) is 0.0455. The summed E-state index contributed by atoms with van der Waals surface area (Å²) in [6.07, 6.45) is 5.45. The van der Waals surface area contributed by atoms with Crippen molar-refractivity contribution in [2.24, 2.45) is 5.41 Å². The third kappa shape index (κ3) is 17.0. The topological polar surface area (TPSA) is 215 Å². The van der Waals surface area contributed by atoms with Gasteiger partial charge in [0.05, 0.1) is 80.6 Å². The summed E-state index contributed by atoms with van der Waals surface area (Å²) in [7, 11) is 0. The van der Waals surface area contributed by atoms with Crippen molar-refractivity contribution in [1.82, 2.24) is 33.6 Å². The number of para-hydroxylation sites is 3. The Hall–Kier alpha value is -13.4. The molecule has 9 heterocycles. The van der Waals surface area contributed by atoms with E-state index in [-0.39, 0.29) is 103 Å². The Bertz CT molecular complexity index is 7250. The molecular formula is C103H80Cl3F7N8O11.